The maximum Gasteiger partial charge on any atom is 0.148 e. The summed E-state index contributed by atoms with van der Waals surface area (Å²) in [5, 5.41) is 12.2. The smallest absolute Gasteiger partial charge is 0.148 e. The molecule has 6 aromatic carbocycles. The van der Waals surface area contributed by atoms with Crippen molar-refractivity contribution in [2.24, 2.45) is 0 Å². The second-order valence-electron chi connectivity index (χ2n) is 16.3. The Labute approximate surface area is 369 Å². The molecule has 0 saturated carbocycles. The Kier molecular flexibility index (Phi) is 8.86. The molecular weight excluding hydrogens is 890 g/mol. The minimum absolute atomic E-state index is 0. The van der Waals surface area contributed by atoms with Crippen LogP contribution in [0.3, 0.4) is 0 Å². The first-order valence-electron chi connectivity index (χ1n) is 23.4. The molecule has 0 radical (unpaired) electrons. The number of aromatic nitrogens is 3. The molecule has 2 aromatic heterocycles. The van der Waals surface area contributed by atoms with Gasteiger partial charge < -0.3 is 5.11 Å². The van der Waals surface area contributed by atoms with Crippen molar-refractivity contribution in [3.05, 3.63) is 168 Å². The number of rotatable bonds is 8. The van der Waals surface area contributed by atoms with Crippen molar-refractivity contribution in [1.82, 2.24) is 14.5 Å². The first-order valence-corrected chi connectivity index (χ1v) is 19.4. The maximum atomic E-state index is 12.2. The number of benzene rings is 6. The molecule has 0 amide bonds. The summed E-state index contributed by atoms with van der Waals surface area (Å²) in [6.07, 6.45) is 1.57. The number of imidazole rings is 1. The van der Waals surface area contributed by atoms with Crippen LogP contribution < -0.4 is 0 Å². The number of phenolic OH excluding ortho intramolecular Hbond substituents is 1. The van der Waals surface area contributed by atoms with Gasteiger partial charge in [0, 0.05) is 42.8 Å². The van der Waals surface area contributed by atoms with Gasteiger partial charge in [-0.1, -0.05) is 150 Å². The van der Waals surface area contributed by atoms with Crippen LogP contribution >= 0.6 is 0 Å². The van der Waals surface area contributed by atoms with E-state index in [-0.39, 0.29) is 67.3 Å². The summed E-state index contributed by atoms with van der Waals surface area (Å²) in [7, 11) is 0. The molecule has 1 N–H and O–H groups in total. The molecule has 0 aliphatic rings. The van der Waals surface area contributed by atoms with Crippen LogP contribution in [-0.2, 0) is 26.5 Å². The van der Waals surface area contributed by atoms with Crippen LogP contribution in [0.15, 0.2) is 140 Å². The van der Waals surface area contributed by atoms with E-state index >= 15 is 0 Å². The zero-order valence-electron chi connectivity index (χ0n) is 41.7. The average molecular weight is 948 g/mol. The van der Waals surface area contributed by atoms with E-state index in [0.29, 0.717) is 50.5 Å². The molecular formula is C53H50N3OPt-. The van der Waals surface area contributed by atoms with Crippen molar-refractivity contribution < 1.29 is 37.1 Å². The summed E-state index contributed by atoms with van der Waals surface area (Å²) in [6, 6.07) is 34.1. The Morgan fingerprint density at radius 2 is 1.48 bits per heavy atom. The van der Waals surface area contributed by atoms with Crippen LogP contribution in [0.5, 0.6) is 5.75 Å². The van der Waals surface area contributed by atoms with Crippen LogP contribution in [0.25, 0.3) is 72.7 Å². The van der Waals surface area contributed by atoms with Gasteiger partial charge in [0.2, 0.25) is 0 Å². The van der Waals surface area contributed by atoms with Crippen molar-refractivity contribution in [1.29, 1.82) is 0 Å². The summed E-state index contributed by atoms with van der Waals surface area (Å²) in [6.45, 7) is 12.2. The molecule has 0 spiro atoms. The van der Waals surface area contributed by atoms with Crippen molar-refractivity contribution in [2.75, 3.05) is 0 Å². The van der Waals surface area contributed by atoms with Gasteiger partial charge in [0.1, 0.15) is 11.6 Å². The quantitative estimate of drug-likeness (QED) is 0.154. The fraction of sp³-hybridized carbons (Fsp3) is 0.208. The Hall–Kier alpha value is -5.57. The molecule has 0 aliphatic carbocycles. The Morgan fingerprint density at radius 1 is 0.724 bits per heavy atom. The zero-order valence-corrected chi connectivity index (χ0v) is 35.9. The van der Waals surface area contributed by atoms with Gasteiger partial charge >= 0.3 is 0 Å². The predicted molar refractivity (Wildman–Crippen MR) is 238 cm³/mol. The summed E-state index contributed by atoms with van der Waals surface area (Å²) >= 11 is 0. The van der Waals surface area contributed by atoms with E-state index in [1.165, 1.54) is 0 Å². The van der Waals surface area contributed by atoms with Gasteiger partial charge in [-0.15, -0.1) is 29.3 Å². The summed E-state index contributed by atoms with van der Waals surface area (Å²) in [5.74, 6) is 0.664. The van der Waals surface area contributed by atoms with E-state index in [4.69, 9.17) is 20.9 Å². The molecule has 2 heterocycles. The molecule has 4 nitrogen and oxygen atoms in total. The Balaban J connectivity index is 0.00000648. The first kappa shape index (κ1) is 31.4. The van der Waals surface area contributed by atoms with E-state index in [9.17, 15) is 5.11 Å². The minimum atomic E-state index is -2.43. The molecule has 0 unspecified atom stereocenters. The standard InChI is InChI=1S/C53H50N3O.Pt/c1-33(2)39-30-46(34(3)4)51(57)47(31-39)52-55-50-45(20-15-21-49(50)56(52)44-25-35(5)24-40(29-44)37-18-13-10-14-19-37)41-26-42(28-43(27-41)53(6,7)8)48-32-38(22-23-54-48)36-16-11-9-12-17-36;/h9-25,27-34,57H,1-8H3;/q-1;/i5D3,9D,11D,12D,16D,17D;. The van der Waals surface area contributed by atoms with Gasteiger partial charge in [-0.3, -0.25) is 9.55 Å². The van der Waals surface area contributed by atoms with E-state index in [1.807, 2.05) is 91.2 Å². The molecule has 0 fully saturated rings. The van der Waals surface area contributed by atoms with E-state index < -0.39 is 25.0 Å². The second kappa shape index (κ2) is 16.4. The Bertz CT molecular complexity index is 3120. The van der Waals surface area contributed by atoms with E-state index in [2.05, 4.69) is 46.8 Å². The number of phenols is 1. The number of nitrogens with zero attached hydrogens (tertiary/aromatic N) is 3. The SMILES string of the molecule is [2H]c1c([2H])c([2H])c(-c2ccnc(-c3[c-]c(-c4cccc5c4nc(-c4cc(C(C)C)cc(C(C)C)c4O)n5-c4cc(-c5ccccc5)cc(C([2H])([2H])[2H])c4)cc(C(C)(C)C)c3)c2)c([2H])c1[2H].[Pt]. The van der Waals surface area contributed by atoms with Crippen molar-refractivity contribution >= 4 is 11.0 Å². The zero-order chi connectivity index (χ0) is 46.9. The average Bonchev–Trinajstić information content (AvgIpc) is 3.67. The van der Waals surface area contributed by atoms with Crippen LogP contribution in [0, 0.1) is 12.9 Å². The number of hydrogen-bond acceptors (Lipinski definition) is 3. The predicted octanol–water partition coefficient (Wildman–Crippen LogP) is 14.1. The third kappa shape index (κ3) is 7.96. The molecule has 0 aliphatic heterocycles. The molecule has 0 saturated heterocycles. The second-order valence-corrected chi connectivity index (χ2v) is 16.3. The number of pyridine rings is 1. The molecule has 8 rings (SSSR count). The Morgan fingerprint density at radius 3 is 2.19 bits per heavy atom. The van der Waals surface area contributed by atoms with Gasteiger partial charge in [0.25, 0.3) is 0 Å². The molecule has 294 valence electrons. The molecule has 0 bridgehead atoms. The van der Waals surface area contributed by atoms with Crippen LogP contribution in [0.1, 0.15) is 93.5 Å². The van der Waals surface area contributed by atoms with Crippen molar-refractivity contribution in [3.8, 4) is 67.5 Å². The van der Waals surface area contributed by atoms with Gasteiger partial charge in [-0.2, -0.15) is 0 Å². The third-order valence-corrected chi connectivity index (χ3v) is 10.5. The fourth-order valence-corrected chi connectivity index (χ4v) is 7.33. The summed E-state index contributed by atoms with van der Waals surface area (Å²) < 4.78 is 69.6. The van der Waals surface area contributed by atoms with E-state index in [0.717, 1.165) is 33.4 Å². The number of fused-ring (bicyclic) bond motifs is 1. The molecule has 0 atom stereocenters. The van der Waals surface area contributed by atoms with Crippen LogP contribution in [-0.4, -0.2) is 19.6 Å². The third-order valence-electron chi connectivity index (χ3n) is 10.5. The van der Waals surface area contributed by atoms with Crippen LogP contribution in [0.4, 0.5) is 0 Å². The number of aromatic hydroxyl groups is 1. The van der Waals surface area contributed by atoms with Gasteiger partial charge in [-0.25, -0.2) is 4.98 Å². The molecule has 8 aromatic rings. The largest absolute Gasteiger partial charge is 0.507 e. The van der Waals surface area contributed by atoms with E-state index in [1.54, 1.807) is 30.5 Å². The number of hydrogen-bond donors (Lipinski definition) is 1. The van der Waals surface area contributed by atoms with Crippen molar-refractivity contribution in [2.45, 2.75) is 72.6 Å². The topological polar surface area (TPSA) is 50.9 Å². The van der Waals surface area contributed by atoms with Crippen LogP contribution in [0.2, 0.25) is 0 Å². The number of para-hydroxylation sites is 1. The molecule has 5 heteroatoms. The molecule has 58 heavy (non-hydrogen) atoms. The fourth-order valence-electron chi connectivity index (χ4n) is 7.33. The van der Waals surface area contributed by atoms with Gasteiger partial charge in [0.05, 0.1) is 23.5 Å². The van der Waals surface area contributed by atoms with Crippen molar-refractivity contribution in [3.63, 3.8) is 0 Å². The normalized spacial score (nSPS) is 13.9. The maximum absolute atomic E-state index is 12.2. The number of aryl methyl sites for hydroxylation is 1. The summed E-state index contributed by atoms with van der Waals surface area (Å²) in [5.41, 5.74) is 9.57. The first-order chi connectivity index (χ1) is 30.6. The summed E-state index contributed by atoms with van der Waals surface area (Å²) in [4.78, 5) is 10.1. The van der Waals surface area contributed by atoms with Gasteiger partial charge in [-0.05, 0) is 93.4 Å². The van der Waals surface area contributed by atoms with Gasteiger partial charge in [0.15, 0.2) is 0 Å². The monoisotopic (exact) mass is 947 g/mol. The minimum Gasteiger partial charge on any atom is -0.507 e.